The minimum Gasteiger partial charge on any atom is -0.444 e. The third kappa shape index (κ3) is 3.88. The molecule has 2 aromatic rings. The zero-order chi connectivity index (χ0) is 20.6. The van der Waals surface area contributed by atoms with Crippen LogP contribution in [0.1, 0.15) is 57.8 Å². The number of amides is 1. The maximum Gasteiger partial charge on any atom is 0.410 e. The van der Waals surface area contributed by atoms with Gasteiger partial charge < -0.3 is 9.64 Å². The van der Waals surface area contributed by atoms with Gasteiger partial charge in [0.05, 0.1) is 23.9 Å². The van der Waals surface area contributed by atoms with E-state index in [2.05, 4.69) is 11.2 Å². The Bertz CT molecular complexity index is 992. The summed E-state index contributed by atoms with van der Waals surface area (Å²) in [6, 6.07) is 5.50. The van der Waals surface area contributed by atoms with Gasteiger partial charge in [-0.3, -0.25) is 9.36 Å². The van der Waals surface area contributed by atoms with Gasteiger partial charge >= 0.3 is 6.09 Å². The van der Waals surface area contributed by atoms with Crippen molar-refractivity contribution >= 4 is 11.7 Å². The molecule has 1 unspecified atom stereocenters. The van der Waals surface area contributed by atoms with E-state index >= 15 is 0 Å². The van der Waals surface area contributed by atoms with E-state index in [1.54, 1.807) is 28.6 Å². The Kier molecular flexibility index (Phi) is 5.20. The average molecular weight is 385 g/mol. The Labute approximate surface area is 164 Å². The SMILES string of the molecule is C[C@H]1CC(c2cc(=O)n(C)c3cc(CC#N)nn23)CCN1C(=O)OC(C)(C)C. The number of hydrogen-bond donors (Lipinski definition) is 0. The molecule has 1 fully saturated rings. The molecule has 0 aromatic carbocycles. The lowest BCUT2D eigenvalue weighted by Gasteiger charge is -2.38. The molecule has 1 aliphatic heterocycles. The predicted molar refractivity (Wildman–Crippen MR) is 104 cm³/mol. The number of hydrogen-bond acceptors (Lipinski definition) is 5. The summed E-state index contributed by atoms with van der Waals surface area (Å²) in [5.74, 6) is 0.0972. The van der Waals surface area contributed by atoms with Gasteiger partial charge in [0.25, 0.3) is 5.56 Å². The average Bonchev–Trinajstić information content (AvgIpc) is 3.01. The van der Waals surface area contributed by atoms with E-state index in [1.165, 1.54) is 4.57 Å². The van der Waals surface area contributed by atoms with Gasteiger partial charge in [-0.2, -0.15) is 10.4 Å². The van der Waals surface area contributed by atoms with Gasteiger partial charge in [0.15, 0.2) is 0 Å². The van der Waals surface area contributed by atoms with Gasteiger partial charge in [0, 0.05) is 37.7 Å². The zero-order valence-corrected chi connectivity index (χ0v) is 17.1. The molecule has 3 rings (SSSR count). The number of ether oxygens (including phenoxy) is 1. The molecule has 2 aromatic heterocycles. The number of fused-ring (bicyclic) bond motifs is 1. The number of rotatable bonds is 2. The predicted octanol–water partition coefficient (Wildman–Crippen LogP) is 2.60. The molecular weight excluding hydrogens is 358 g/mol. The molecule has 150 valence electrons. The fraction of sp³-hybridized carbons (Fsp3) is 0.600. The molecule has 0 spiro atoms. The molecule has 0 saturated carbocycles. The Hall–Kier alpha value is -2.82. The molecule has 1 aliphatic rings. The molecule has 8 nitrogen and oxygen atoms in total. The second kappa shape index (κ2) is 7.30. The van der Waals surface area contributed by atoms with E-state index in [0.29, 0.717) is 17.9 Å². The van der Waals surface area contributed by atoms with E-state index in [1.807, 2.05) is 27.7 Å². The first kappa shape index (κ1) is 19.9. The van der Waals surface area contributed by atoms with E-state index in [0.717, 1.165) is 18.5 Å². The Morgan fingerprint density at radius 3 is 2.71 bits per heavy atom. The Morgan fingerprint density at radius 1 is 1.39 bits per heavy atom. The smallest absolute Gasteiger partial charge is 0.410 e. The van der Waals surface area contributed by atoms with Crippen LogP contribution in [0.25, 0.3) is 5.65 Å². The highest BCUT2D eigenvalue weighted by molar-refractivity contribution is 5.68. The molecule has 0 N–H and O–H groups in total. The summed E-state index contributed by atoms with van der Waals surface area (Å²) in [4.78, 5) is 26.7. The van der Waals surface area contributed by atoms with Crippen molar-refractivity contribution in [1.29, 1.82) is 5.26 Å². The van der Waals surface area contributed by atoms with Gasteiger partial charge in [0.2, 0.25) is 0 Å². The van der Waals surface area contributed by atoms with Gasteiger partial charge in [-0.1, -0.05) is 0 Å². The van der Waals surface area contributed by atoms with Crippen molar-refractivity contribution in [1.82, 2.24) is 19.1 Å². The van der Waals surface area contributed by atoms with E-state index in [4.69, 9.17) is 10.00 Å². The van der Waals surface area contributed by atoms with Crippen molar-refractivity contribution in [2.45, 2.75) is 64.5 Å². The number of nitrogens with zero attached hydrogens (tertiary/aromatic N) is 5. The van der Waals surface area contributed by atoms with Crippen molar-refractivity contribution in [3.8, 4) is 6.07 Å². The first-order valence-electron chi connectivity index (χ1n) is 9.56. The first-order valence-corrected chi connectivity index (χ1v) is 9.56. The summed E-state index contributed by atoms with van der Waals surface area (Å²) < 4.78 is 8.82. The summed E-state index contributed by atoms with van der Waals surface area (Å²) >= 11 is 0. The molecule has 1 saturated heterocycles. The maximum absolute atomic E-state index is 12.5. The molecule has 1 amide bonds. The number of piperidine rings is 1. The van der Waals surface area contributed by atoms with Crippen LogP contribution in [0, 0.1) is 11.3 Å². The van der Waals surface area contributed by atoms with Crippen molar-refractivity contribution in [2.24, 2.45) is 7.05 Å². The normalized spacial score (nSPS) is 20.2. The van der Waals surface area contributed by atoms with Crippen LogP contribution in [0.4, 0.5) is 4.79 Å². The number of aryl methyl sites for hydroxylation is 1. The molecule has 0 bridgehead atoms. The van der Waals surface area contributed by atoms with E-state index < -0.39 is 5.60 Å². The minimum atomic E-state index is -0.530. The van der Waals surface area contributed by atoms with Crippen LogP contribution in [0.15, 0.2) is 16.9 Å². The zero-order valence-electron chi connectivity index (χ0n) is 17.1. The number of likely N-dealkylation sites (tertiary alicyclic amines) is 1. The molecule has 2 atom stereocenters. The number of carbonyl (C=O) groups is 1. The highest BCUT2D eigenvalue weighted by atomic mass is 16.6. The van der Waals surface area contributed by atoms with Crippen LogP contribution in [-0.4, -0.2) is 43.4 Å². The van der Waals surface area contributed by atoms with Gasteiger partial charge in [0.1, 0.15) is 11.2 Å². The molecule has 0 radical (unpaired) electrons. The van der Waals surface area contributed by atoms with Gasteiger partial charge in [-0.05, 0) is 40.5 Å². The standard InChI is InChI=1S/C20H27N5O3/c1-13-10-14(7-9-24(13)19(27)28-20(2,3)4)16-12-18(26)23(5)17-11-15(6-8-21)22-25(16)17/h11-14H,6-7,9-10H2,1-5H3/t13-,14?/m0/s1. The van der Waals surface area contributed by atoms with Crippen molar-refractivity contribution in [3.63, 3.8) is 0 Å². The van der Waals surface area contributed by atoms with Crippen LogP contribution < -0.4 is 5.56 Å². The fourth-order valence-electron chi connectivity index (χ4n) is 3.74. The number of carbonyl (C=O) groups excluding carboxylic acids is 1. The second-order valence-electron chi connectivity index (χ2n) is 8.45. The fourth-order valence-corrected chi connectivity index (χ4v) is 3.74. The van der Waals surface area contributed by atoms with Crippen molar-refractivity contribution < 1.29 is 9.53 Å². The summed E-state index contributed by atoms with van der Waals surface area (Å²) in [5, 5.41) is 13.5. The van der Waals surface area contributed by atoms with Gasteiger partial charge in [-0.15, -0.1) is 0 Å². The van der Waals surface area contributed by atoms with E-state index in [9.17, 15) is 9.59 Å². The van der Waals surface area contributed by atoms with Crippen LogP contribution in [0.5, 0.6) is 0 Å². The van der Waals surface area contributed by atoms with Crippen LogP contribution in [0.2, 0.25) is 0 Å². The van der Waals surface area contributed by atoms with Crippen LogP contribution >= 0.6 is 0 Å². The highest BCUT2D eigenvalue weighted by Gasteiger charge is 2.33. The lowest BCUT2D eigenvalue weighted by Crippen LogP contribution is -2.46. The molecule has 3 heterocycles. The first-order chi connectivity index (χ1) is 13.1. The van der Waals surface area contributed by atoms with E-state index in [-0.39, 0.29) is 30.0 Å². The van der Waals surface area contributed by atoms with Crippen LogP contribution in [0.3, 0.4) is 0 Å². The number of aromatic nitrogens is 3. The number of nitriles is 1. The van der Waals surface area contributed by atoms with Crippen molar-refractivity contribution in [3.05, 3.63) is 33.9 Å². The topological polar surface area (TPSA) is 92.6 Å². The molecule has 28 heavy (non-hydrogen) atoms. The lowest BCUT2D eigenvalue weighted by molar-refractivity contribution is 0.0102. The largest absolute Gasteiger partial charge is 0.444 e. The molecule has 0 aliphatic carbocycles. The summed E-state index contributed by atoms with van der Waals surface area (Å²) in [5.41, 5.74) is 1.52. The van der Waals surface area contributed by atoms with Crippen molar-refractivity contribution in [2.75, 3.05) is 6.54 Å². The monoisotopic (exact) mass is 385 g/mol. The highest BCUT2D eigenvalue weighted by Crippen LogP contribution is 2.32. The van der Waals surface area contributed by atoms with Gasteiger partial charge in [-0.25, -0.2) is 9.31 Å². The molecular formula is C20H27N5O3. The maximum atomic E-state index is 12.5. The lowest BCUT2D eigenvalue weighted by atomic mass is 9.89. The summed E-state index contributed by atoms with van der Waals surface area (Å²) in [6.45, 7) is 8.13. The third-order valence-corrected chi connectivity index (χ3v) is 5.11. The molecule has 8 heteroatoms. The van der Waals surface area contributed by atoms with Crippen LogP contribution in [-0.2, 0) is 18.2 Å². The Morgan fingerprint density at radius 2 is 2.11 bits per heavy atom. The second-order valence-corrected chi connectivity index (χ2v) is 8.45. The summed E-state index contributed by atoms with van der Waals surface area (Å²) in [7, 11) is 1.70. The summed E-state index contributed by atoms with van der Waals surface area (Å²) in [6.07, 6.45) is 1.33. The Balaban J connectivity index is 1.89. The minimum absolute atomic E-state index is 0.0122. The quantitative estimate of drug-likeness (QED) is 0.792. The third-order valence-electron chi connectivity index (χ3n) is 5.11.